The number of ether oxygens (including phenoxy) is 1. The number of amides is 1. The Hall–Kier alpha value is -2.72. The Bertz CT molecular complexity index is 973. The van der Waals surface area contributed by atoms with Gasteiger partial charge < -0.3 is 14.7 Å². The van der Waals surface area contributed by atoms with E-state index in [0.717, 1.165) is 5.82 Å². The van der Waals surface area contributed by atoms with Crippen molar-refractivity contribution >= 4 is 27.4 Å². The van der Waals surface area contributed by atoms with E-state index in [2.05, 4.69) is 20.2 Å². The van der Waals surface area contributed by atoms with Gasteiger partial charge in [-0.2, -0.15) is 0 Å². The lowest BCUT2D eigenvalue weighted by molar-refractivity contribution is 0.122. The van der Waals surface area contributed by atoms with Gasteiger partial charge in [0.15, 0.2) is 5.82 Å². The lowest BCUT2D eigenvalue weighted by Gasteiger charge is -2.28. The van der Waals surface area contributed by atoms with Crippen molar-refractivity contribution in [2.24, 2.45) is 0 Å². The van der Waals surface area contributed by atoms with Gasteiger partial charge in [-0.05, 0) is 31.2 Å². The molecule has 1 amide bonds. The van der Waals surface area contributed by atoms with E-state index in [1.807, 2.05) is 6.07 Å². The van der Waals surface area contributed by atoms with Gasteiger partial charge in [0.1, 0.15) is 15.7 Å². The number of carbonyl (C=O) groups is 1. The number of carboxylic acid groups (broad SMARTS) is 1. The summed E-state index contributed by atoms with van der Waals surface area (Å²) >= 11 is 0. The standard InChI is InChI=1S/C19H24N4O5S/c1-13(29(2,26)27)11-16-12-17(23-7-9-28-10-8-23)22-18(20-16)14-3-5-15(6-4-14)21-19(24)25/h3-6,12-13,21H,7-11H2,1-2H3,(H,24,25). The van der Waals surface area contributed by atoms with Gasteiger partial charge in [-0.15, -0.1) is 0 Å². The zero-order valence-electron chi connectivity index (χ0n) is 16.3. The van der Waals surface area contributed by atoms with Crippen LogP contribution in [0.3, 0.4) is 0 Å². The van der Waals surface area contributed by atoms with Crippen molar-refractivity contribution in [1.29, 1.82) is 0 Å². The van der Waals surface area contributed by atoms with Gasteiger partial charge in [0, 0.05) is 48.8 Å². The fraction of sp³-hybridized carbons (Fsp3) is 0.421. The first kappa shape index (κ1) is 21.0. The maximum absolute atomic E-state index is 11.9. The number of nitrogens with one attached hydrogen (secondary N) is 1. The second-order valence-electron chi connectivity index (χ2n) is 6.99. The minimum Gasteiger partial charge on any atom is -0.465 e. The number of hydrogen-bond acceptors (Lipinski definition) is 7. The molecule has 10 heteroatoms. The molecule has 1 unspecified atom stereocenters. The molecular weight excluding hydrogens is 396 g/mol. The number of benzene rings is 1. The Kier molecular flexibility index (Phi) is 6.33. The Morgan fingerprint density at radius 1 is 1.24 bits per heavy atom. The normalized spacial score (nSPS) is 15.7. The maximum atomic E-state index is 11.9. The van der Waals surface area contributed by atoms with Crippen molar-refractivity contribution in [3.05, 3.63) is 36.0 Å². The fourth-order valence-corrected chi connectivity index (χ4v) is 3.42. The number of aromatic nitrogens is 2. The van der Waals surface area contributed by atoms with E-state index in [4.69, 9.17) is 9.84 Å². The molecule has 0 aliphatic carbocycles. The number of anilines is 2. The molecule has 1 aliphatic rings. The molecule has 1 fully saturated rings. The largest absolute Gasteiger partial charge is 0.465 e. The van der Waals surface area contributed by atoms with Gasteiger partial charge >= 0.3 is 6.09 Å². The second-order valence-corrected chi connectivity index (χ2v) is 9.46. The maximum Gasteiger partial charge on any atom is 0.409 e. The van der Waals surface area contributed by atoms with E-state index in [1.54, 1.807) is 31.2 Å². The van der Waals surface area contributed by atoms with Crippen molar-refractivity contribution in [1.82, 2.24) is 9.97 Å². The Morgan fingerprint density at radius 3 is 2.48 bits per heavy atom. The topological polar surface area (TPSA) is 122 Å². The predicted molar refractivity (Wildman–Crippen MR) is 110 cm³/mol. The third-order valence-electron chi connectivity index (χ3n) is 4.72. The van der Waals surface area contributed by atoms with Gasteiger partial charge in [-0.3, -0.25) is 5.32 Å². The van der Waals surface area contributed by atoms with E-state index < -0.39 is 21.2 Å². The van der Waals surface area contributed by atoms with Crippen molar-refractivity contribution in [3.63, 3.8) is 0 Å². The lowest BCUT2D eigenvalue weighted by atomic mass is 10.1. The monoisotopic (exact) mass is 420 g/mol. The van der Waals surface area contributed by atoms with Crippen LogP contribution in [-0.4, -0.2) is 67.4 Å². The highest BCUT2D eigenvalue weighted by atomic mass is 32.2. The molecule has 1 aliphatic heterocycles. The molecule has 156 valence electrons. The number of sulfone groups is 1. The molecule has 1 atom stereocenters. The SMILES string of the molecule is CC(Cc1cc(N2CCOCC2)nc(-c2ccc(NC(=O)O)cc2)n1)S(C)(=O)=O. The summed E-state index contributed by atoms with van der Waals surface area (Å²) in [5.41, 5.74) is 1.79. The van der Waals surface area contributed by atoms with Gasteiger partial charge in [0.2, 0.25) is 0 Å². The highest BCUT2D eigenvalue weighted by Gasteiger charge is 2.20. The summed E-state index contributed by atoms with van der Waals surface area (Å²) in [7, 11) is -3.19. The molecule has 2 N–H and O–H groups in total. The molecule has 9 nitrogen and oxygen atoms in total. The van der Waals surface area contributed by atoms with E-state index in [9.17, 15) is 13.2 Å². The number of morpholine rings is 1. The molecule has 0 bridgehead atoms. The van der Waals surface area contributed by atoms with Crippen molar-refractivity contribution in [2.75, 3.05) is 42.8 Å². The van der Waals surface area contributed by atoms with E-state index >= 15 is 0 Å². The van der Waals surface area contributed by atoms with Crippen LogP contribution in [0.5, 0.6) is 0 Å². The Balaban J connectivity index is 1.96. The van der Waals surface area contributed by atoms with Gasteiger partial charge in [0.05, 0.1) is 18.5 Å². The molecule has 0 spiro atoms. The van der Waals surface area contributed by atoms with Crippen LogP contribution in [0.4, 0.5) is 16.3 Å². The van der Waals surface area contributed by atoms with Crippen LogP contribution in [0.1, 0.15) is 12.6 Å². The number of nitrogens with zero attached hydrogens (tertiary/aromatic N) is 3. The zero-order chi connectivity index (χ0) is 21.0. The lowest BCUT2D eigenvalue weighted by Crippen LogP contribution is -2.37. The summed E-state index contributed by atoms with van der Waals surface area (Å²) in [6, 6.07) is 8.55. The van der Waals surface area contributed by atoms with Crippen molar-refractivity contribution in [2.45, 2.75) is 18.6 Å². The number of hydrogen-bond donors (Lipinski definition) is 2. The smallest absolute Gasteiger partial charge is 0.409 e. The molecule has 1 aromatic carbocycles. The van der Waals surface area contributed by atoms with Crippen LogP contribution in [0.2, 0.25) is 0 Å². The molecule has 3 rings (SSSR count). The summed E-state index contributed by atoms with van der Waals surface area (Å²) in [4.78, 5) is 22.1. The average molecular weight is 420 g/mol. The third-order valence-corrected chi connectivity index (χ3v) is 6.35. The molecular formula is C19H24N4O5S. The molecule has 0 saturated carbocycles. The van der Waals surface area contributed by atoms with Gasteiger partial charge in [0.25, 0.3) is 0 Å². The molecule has 0 radical (unpaired) electrons. The summed E-state index contributed by atoms with van der Waals surface area (Å²) < 4.78 is 29.2. The molecule has 2 aromatic rings. The first-order chi connectivity index (χ1) is 13.7. The first-order valence-electron chi connectivity index (χ1n) is 9.22. The van der Waals surface area contributed by atoms with Crippen LogP contribution >= 0.6 is 0 Å². The van der Waals surface area contributed by atoms with E-state index in [-0.39, 0.29) is 6.42 Å². The van der Waals surface area contributed by atoms with Crippen LogP contribution in [-0.2, 0) is 21.0 Å². The first-order valence-corrected chi connectivity index (χ1v) is 11.2. The van der Waals surface area contributed by atoms with Crippen LogP contribution in [0.25, 0.3) is 11.4 Å². The zero-order valence-corrected chi connectivity index (χ0v) is 17.1. The summed E-state index contributed by atoms with van der Waals surface area (Å²) in [6.45, 7) is 4.25. The Labute approximate surface area is 169 Å². The van der Waals surface area contributed by atoms with E-state index in [0.29, 0.717) is 49.1 Å². The second kappa shape index (κ2) is 8.75. The summed E-state index contributed by atoms with van der Waals surface area (Å²) in [5, 5.41) is 10.5. The van der Waals surface area contributed by atoms with Crippen LogP contribution < -0.4 is 10.2 Å². The minimum absolute atomic E-state index is 0.282. The molecule has 2 heterocycles. The highest BCUT2D eigenvalue weighted by molar-refractivity contribution is 7.91. The highest BCUT2D eigenvalue weighted by Crippen LogP contribution is 2.24. The summed E-state index contributed by atoms with van der Waals surface area (Å²) in [6.07, 6.45) is 0.363. The third kappa shape index (κ3) is 5.64. The molecule has 1 aromatic heterocycles. The molecule has 1 saturated heterocycles. The van der Waals surface area contributed by atoms with Crippen molar-refractivity contribution in [3.8, 4) is 11.4 Å². The summed E-state index contributed by atoms with van der Waals surface area (Å²) in [5.74, 6) is 1.19. The minimum atomic E-state index is -3.19. The van der Waals surface area contributed by atoms with Gasteiger partial charge in [-0.25, -0.2) is 23.2 Å². The number of rotatable bonds is 6. The Morgan fingerprint density at radius 2 is 1.90 bits per heavy atom. The fourth-order valence-electron chi connectivity index (χ4n) is 2.94. The van der Waals surface area contributed by atoms with Crippen LogP contribution in [0.15, 0.2) is 30.3 Å². The molecule has 29 heavy (non-hydrogen) atoms. The van der Waals surface area contributed by atoms with Crippen molar-refractivity contribution < 1.29 is 23.1 Å². The van der Waals surface area contributed by atoms with E-state index in [1.165, 1.54) is 6.26 Å². The van der Waals surface area contributed by atoms with Gasteiger partial charge in [-0.1, -0.05) is 0 Å². The average Bonchev–Trinajstić information content (AvgIpc) is 2.68. The predicted octanol–water partition coefficient (Wildman–Crippen LogP) is 2.05. The van der Waals surface area contributed by atoms with Crippen LogP contribution in [0, 0.1) is 0 Å². The quantitative estimate of drug-likeness (QED) is 0.728.